The first-order chi connectivity index (χ1) is 12.8. The number of alkyl halides is 3. The Morgan fingerprint density at radius 1 is 1.19 bits per heavy atom. The summed E-state index contributed by atoms with van der Waals surface area (Å²) in [5.41, 5.74) is -1.85. The van der Waals surface area contributed by atoms with Gasteiger partial charge in [0.25, 0.3) is 0 Å². The van der Waals surface area contributed by atoms with Gasteiger partial charge in [0.15, 0.2) is 5.65 Å². The zero-order valence-electron chi connectivity index (χ0n) is 14.9. The average molecular weight is 395 g/mol. The maximum absolute atomic E-state index is 12.4. The minimum atomic E-state index is -4.27. The van der Waals surface area contributed by atoms with E-state index in [-0.39, 0.29) is 22.7 Å². The van der Waals surface area contributed by atoms with Crippen molar-refractivity contribution in [3.05, 3.63) is 48.3 Å². The molecule has 0 atom stereocenters. The van der Waals surface area contributed by atoms with Gasteiger partial charge in [0.2, 0.25) is 0 Å². The van der Waals surface area contributed by atoms with E-state index in [1.54, 1.807) is 18.3 Å². The lowest BCUT2D eigenvalue weighted by Crippen LogP contribution is -2.35. The van der Waals surface area contributed by atoms with Crippen molar-refractivity contribution in [3.8, 4) is 0 Å². The number of anilines is 1. The van der Waals surface area contributed by atoms with Crippen LogP contribution in [0.1, 0.15) is 19.5 Å². The van der Waals surface area contributed by atoms with E-state index in [4.69, 9.17) is 0 Å². The van der Waals surface area contributed by atoms with Gasteiger partial charge in [-0.2, -0.15) is 18.3 Å². The minimum Gasteiger partial charge on any atom is -0.372 e. The van der Waals surface area contributed by atoms with E-state index in [0.717, 1.165) is 16.8 Å². The predicted octanol–water partition coefficient (Wildman–Crippen LogP) is 4.85. The van der Waals surface area contributed by atoms with Crippen LogP contribution in [0.15, 0.2) is 47.5 Å². The molecule has 0 aliphatic rings. The van der Waals surface area contributed by atoms with Gasteiger partial charge in [-0.05, 0) is 62.0 Å². The zero-order valence-corrected chi connectivity index (χ0v) is 15.7. The number of hydrogen-bond acceptors (Lipinski definition) is 5. The molecule has 9 heteroatoms. The molecule has 0 unspecified atom stereocenters. The van der Waals surface area contributed by atoms with E-state index in [2.05, 4.69) is 39.2 Å². The van der Waals surface area contributed by atoms with Gasteiger partial charge in [0, 0.05) is 34.8 Å². The summed E-state index contributed by atoms with van der Waals surface area (Å²) in [6.45, 7) is 5.36. The van der Waals surface area contributed by atoms with Gasteiger partial charge >= 0.3 is 5.51 Å². The Morgan fingerprint density at radius 3 is 2.59 bits per heavy atom. The van der Waals surface area contributed by atoms with Crippen LogP contribution in [0.25, 0.3) is 11.0 Å². The number of H-pyrrole nitrogens is 1. The molecule has 0 radical (unpaired) electrons. The van der Waals surface area contributed by atoms with Crippen molar-refractivity contribution in [1.82, 2.24) is 20.1 Å². The molecule has 0 saturated carbocycles. The van der Waals surface area contributed by atoms with Crippen LogP contribution in [0.4, 0.5) is 18.9 Å². The number of thioether (sulfide) groups is 1. The summed E-state index contributed by atoms with van der Waals surface area (Å²) in [4.78, 5) is 6.59. The van der Waals surface area contributed by atoms with Gasteiger partial charge in [0.05, 0.1) is 12.4 Å². The summed E-state index contributed by atoms with van der Waals surface area (Å²) in [6, 6.07) is 10.4. The molecule has 5 nitrogen and oxygen atoms in total. The third-order valence-corrected chi connectivity index (χ3v) is 4.81. The first kappa shape index (κ1) is 19.5. The quantitative estimate of drug-likeness (QED) is 0.442. The zero-order chi connectivity index (χ0) is 19.4. The Morgan fingerprint density at radius 2 is 1.93 bits per heavy atom. The van der Waals surface area contributed by atoms with Crippen LogP contribution < -0.4 is 5.32 Å². The highest BCUT2D eigenvalue weighted by atomic mass is 32.2. The average Bonchev–Trinajstić information content (AvgIpc) is 3.01. The highest BCUT2D eigenvalue weighted by molar-refractivity contribution is 8.00. The van der Waals surface area contributed by atoms with E-state index in [1.807, 2.05) is 12.1 Å². The molecular weight excluding hydrogens is 375 g/mol. The second-order valence-electron chi connectivity index (χ2n) is 6.32. The van der Waals surface area contributed by atoms with Crippen LogP contribution in [0.3, 0.4) is 0 Å². The number of hydrogen-bond donors (Lipinski definition) is 2. The normalized spacial score (nSPS) is 12.3. The number of aromatic amines is 1. The largest absolute Gasteiger partial charge is 0.446 e. The van der Waals surface area contributed by atoms with Gasteiger partial charge < -0.3 is 5.32 Å². The minimum absolute atomic E-state index is 0.113. The van der Waals surface area contributed by atoms with E-state index in [1.165, 1.54) is 12.1 Å². The summed E-state index contributed by atoms with van der Waals surface area (Å²) in [6.07, 6.45) is 1.70. The van der Waals surface area contributed by atoms with Gasteiger partial charge in [-0.3, -0.25) is 10.00 Å². The second-order valence-corrected chi connectivity index (χ2v) is 7.46. The van der Waals surface area contributed by atoms with Crippen LogP contribution >= 0.6 is 11.8 Å². The van der Waals surface area contributed by atoms with Crippen molar-refractivity contribution in [3.63, 3.8) is 0 Å². The van der Waals surface area contributed by atoms with Crippen LogP contribution in [0.2, 0.25) is 0 Å². The van der Waals surface area contributed by atoms with E-state index < -0.39 is 5.51 Å². The monoisotopic (exact) mass is 395 g/mol. The summed E-state index contributed by atoms with van der Waals surface area (Å²) in [5.74, 6) is 0. The highest BCUT2D eigenvalue weighted by Gasteiger charge is 2.29. The van der Waals surface area contributed by atoms with Crippen molar-refractivity contribution >= 4 is 28.5 Å². The Labute approximate surface area is 159 Å². The molecule has 0 spiro atoms. The fourth-order valence-electron chi connectivity index (χ4n) is 2.61. The number of rotatable bonds is 7. The summed E-state index contributed by atoms with van der Waals surface area (Å²) >= 11 is -0.113. The fraction of sp³-hybridized carbons (Fsp3) is 0.333. The van der Waals surface area contributed by atoms with Crippen molar-refractivity contribution in [2.24, 2.45) is 0 Å². The molecule has 27 heavy (non-hydrogen) atoms. The summed E-state index contributed by atoms with van der Waals surface area (Å²) in [7, 11) is 0. The number of pyridine rings is 1. The van der Waals surface area contributed by atoms with Gasteiger partial charge in [-0.15, -0.1) is 0 Å². The molecule has 1 aromatic carbocycles. The maximum atomic E-state index is 12.4. The molecule has 0 fully saturated rings. The number of nitrogens with one attached hydrogen (secondary N) is 2. The lowest BCUT2D eigenvalue weighted by Gasteiger charge is -2.26. The smallest absolute Gasteiger partial charge is 0.372 e. The molecule has 144 valence electrons. The Hall–Kier alpha value is -2.26. The highest BCUT2D eigenvalue weighted by Crippen LogP contribution is 2.37. The molecule has 0 aliphatic heterocycles. The first-order valence-corrected chi connectivity index (χ1v) is 9.25. The molecule has 0 aliphatic carbocycles. The molecule has 2 aromatic heterocycles. The van der Waals surface area contributed by atoms with Crippen LogP contribution in [0.5, 0.6) is 0 Å². The maximum Gasteiger partial charge on any atom is 0.446 e. The van der Waals surface area contributed by atoms with E-state index in [9.17, 15) is 13.2 Å². The van der Waals surface area contributed by atoms with Crippen LogP contribution in [0, 0.1) is 0 Å². The summed E-state index contributed by atoms with van der Waals surface area (Å²) in [5, 5.41) is 11.5. The molecule has 2 heterocycles. The lowest BCUT2D eigenvalue weighted by atomic mass is 10.2. The lowest BCUT2D eigenvalue weighted by molar-refractivity contribution is -0.0328. The van der Waals surface area contributed by atoms with Crippen molar-refractivity contribution < 1.29 is 13.2 Å². The van der Waals surface area contributed by atoms with E-state index in [0.29, 0.717) is 18.9 Å². The van der Waals surface area contributed by atoms with Gasteiger partial charge in [-0.25, -0.2) is 4.98 Å². The standard InChI is InChI=1S/C18H20F3N5S/c1-12(2)26(10-16-15-4-3-9-22-17(15)25-24-16)11-23-13-5-7-14(8-6-13)27-18(19,20)21/h3-9,12,23H,10-11H2,1-2H3,(H,22,24,25). The molecule has 2 N–H and O–H groups in total. The molecule has 0 bridgehead atoms. The summed E-state index contributed by atoms with van der Waals surface area (Å²) < 4.78 is 37.2. The number of benzene rings is 1. The number of fused-ring (bicyclic) bond motifs is 1. The van der Waals surface area contributed by atoms with Gasteiger partial charge in [0.1, 0.15) is 0 Å². The number of aromatic nitrogens is 3. The Bertz CT molecular complexity index is 877. The molecule has 0 saturated heterocycles. The first-order valence-electron chi connectivity index (χ1n) is 8.43. The molecule has 3 aromatic rings. The number of nitrogens with zero attached hydrogens (tertiary/aromatic N) is 3. The second kappa shape index (κ2) is 8.18. The van der Waals surface area contributed by atoms with Crippen LogP contribution in [-0.2, 0) is 6.54 Å². The van der Waals surface area contributed by atoms with Crippen molar-refractivity contribution in [1.29, 1.82) is 0 Å². The predicted molar refractivity (Wildman–Crippen MR) is 101 cm³/mol. The molecule has 3 rings (SSSR count). The topological polar surface area (TPSA) is 56.8 Å². The van der Waals surface area contributed by atoms with Crippen molar-refractivity contribution in [2.45, 2.75) is 36.8 Å². The Balaban J connectivity index is 1.63. The number of halogens is 3. The van der Waals surface area contributed by atoms with E-state index >= 15 is 0 Å². The van der Waals surface area contributed by atoms with Crippen molar-refractivity contribution in [2.75, 3.05) is 12.0 Å². The third kappa shape index (κ3) is 5.36. The molecular formula is C18H20F3N5S. The van der Waals surface area contributed by atoms with Gasteiger partial charge in [-0.1, -0.05) is 0 Å². The molecule has 0 amide bonds. The SMILES string of the molecule is CC(C)N(CNc1ccc(SC(F)(F)F)cc1)Cc1[nH]nc2ncccc12. The third-order valence-electron chi connectivity index (χ3n) is 4.07. The van der Waals surface area contributed by atoms with Crippen LogP contribution in [-0.4, -0.2) is 38.3 Å². The fourth-order valence-corrected chi connectivity index (χ4v) is 3.15. The Kier molecular flexibility index (Phi) is 5.91.